The van der Waals surface area contributed by atoms with E-state index in [-0.39, 0.29) is 34.7 Å². The van der Waals surface area contributed by atoms with E-state index in [0.29, 0.717) is 19.4 Å². The lowest BCUT2D eigenvalue weighted by atomic mass is 10.1. The zero-order chi connectivity index (χ0) is 25.6. The fraction of sp³-hybridized carbons (Fsp3) is 0.304. The Bertz CT molecular complexity index is 1240. The zero-order valence-electron chi connectivity index (χ0n) is 19.0. The van der Waals surface area contributed by atoms with Crippen LogP contribution in [0.5, 0.6) is 0 Å². The molecule has 12 heteroatoms. The molecule has 1 heterocycles. The number of primary sulfonamides is 1. The van der Waals surface area contributed by atoms with E-state index >= 15 is 0 Å². The predicted octanol–water partition coefficient (Wildman–Crippen LogP) is 0.482. The summed E-state index contributed by atoms with van der Waals surface area (Å²) in [5.41, 5.74) is 1.15. The summed E-state index contributed by atoms with van der Waals surface area (Å²) >= 11 is 0. The van der Waals surface area contributed by atoms with Gasteiger partial charge in [0.25, 0.3) is 17.7 Å². The summed E-state index contributed by atoms with van der Waals surface area (Å²) in [5, 5.41) is 7.64. The minimum Gasteiger partial charge on any atom is -0.452 e. The Morgan fingerprint density at radius 1 is 1.03 bits per heavy atom. The molecule has 3 N–H and O–H groups in total. The number of hydrogen-bond acceptors (Lipinski definition) is 8. The Hall–Kier alpha value is -3.61. The standard InChI is InChI=1S/C23H25N3O8S/c1-33-12-2-11-26-21(28)18-8-5-16(13-19(18)22(26)29)23(30)34-14-20(27)25-10-9-15-3-6-17(7-4-15)35(24,31)32/h3-8,13H,2,9-12,14H2,1H3,(H,25,27)(H2,24,31,32). The number of ether oxygens (including phenoxy) is 2. The number of hydrogen-bond donors (Lipinski definition) is 2. The van der Waals surface area contributed by atoms with Crippen LogP contribution in [0.2, 0.25) is 0 Å². The molecule has 3 amide bonds. The van der Waals surface area contributed by atoms with E-state index in [1.807, 2.05) is 0 Å². The summed E-state index contributed by atoms with van der Waals surface area (Å²) in [6.07, 6.45) is 0.916. The first-order valence-corrected chi connectivity index (χ1v) is 12.2. The molecule has 0 saturated carbocycles. The Morgan fingerprint density at radius 3 is 2.37 bits per heavy atom. The molecule has 11 nitrogen and oxygen atoms in total. The van der Waals surface area contributed by atoms with Crippen LogP contribution in [0.4, 0.5) is 0 Å². The van der Waals surface area contributed by atoms with Crippen LogP contribution in [0.3, 0.4) is 0 Å². The number of nitrogens with one attached hydrogen (secondary N) is 1. The number of imide groups is 1. The first kappa shape index (κ1) is 26.0. The fourth-order valence-electron chi connectivity index (χ4n) is 3.45. The number of nitrogens with two attached hydrogens (primary N) is 1. The Balaban J connectivity index is 1.48. The lowest BCUT2D eigenvalue weighted by Crippen LogP contribution is -2.31. The van der Waals surface area contributed by atoms with Crippen LogP contribution in [0.1, 0.15) is 43.1 Å². The number of nitrogens with zero attached hydrogens (tertiary/aromatic N) is 1. The van der Waals surface area contributed by atoms with Gasteiger partial charge in [-0.05, 0) is 48.7 Å². The molecule has 2 aromatic rings. The van der Waals surface area contributed by atoms with Gasteiger partial charge < -0.3 is 14.8 Å². The molecule has 0 unspecified atom stereocenters. The molecule has 0 aliphatic carbocycles. The van der Waals surface area contributed by atoms with Crippen molar-refractivity contribution in [3.8, 4) is 0 Å². The highest BCUT2D eigenvalue weighted by Crippen LogP contribution is 2.24. The molecule has 1 aliphatic heterocycles. The van der Waals surface area contributed by atoms with E-state index in [1.165, 1.54) is 37.4 Å². The van der Waals surface area contributed by atoms with E-state index in [4.69, 9.17) is 14.6 Å². The van der Waals surface area contributed by atoms with Crippen LogP contribution in [0.15, 0.2) is 47.4 Å². The van der Waals surface area contributed by atoms with Gasteiger partial charge >= 0.3 is 5.97 Å². The van der Waals surface area contributed by atoms with Crippen molar-refractivity contribution in [2.75, 3.05) is 33.4 Å². The van der Waals surface area contributed by atoms with Gasteiger partial charge in [0.05, 0.1) is 21.6 Å². The first-order valence-electron chi connectivity index (χ1n) is 10.7. The lowest BCUT2D eigenvalue weighted by molar-refractivity contribution is -0.124. The number of rotatable bonds is 11. The highest BCUT2D eigenvalue weighted by molar-refractivity contribution is 7.89. The van der Waals surface area contributed by atoms with Crippen LogP contribution in [-0.2, 0) is 30.7 Å². The summed E-state index contributed by atoms with van der Waals surface area (Å²) < 4.78 is 32.5. The largest absolute Gasteiger partial charge is 0.452 e. The molecule has 2 aromatic carbocycles. The Labute approximate surface area is 202 Å². The summed E-state index contributed by atoms with van der Waals surface area (Å²) in [7, 11) is -2.24. The molecule has 0 fully saturated rings. The summed E-state index contributed by atoms with van der Waals surface area (Å²) in [4.78, 5) is 50.4. The molecule has 3 rings (SSSR count). The van der Waals surface area contributed by atoms with Crippen molar-refractivity contribution in [3.63, 3.8) is 0 Å². The molecular formula is C23H25N3O8S. The topological polar surface area (TPSA) is 162 Å². The summed E-state index contributed by atoms with van der Waals surface area (Å²) in [6, 6.07) is 9.98. The third-order valence-corrected chi connectivity index (χ3v) is 6.19. The maximum atomic E-state index is 12.6. The minimum absolute atomic E-state index is 0.00591. The van der Waals surface area contributed by atoms with E-state index in [2.05, 4.69) is 5.32 Å². The molecule has 35 heavy (non-hydrogen) atoms. The molecule has 0 aromatic heterocycles. The number of amides is 3. The maximum Gasteiger partial charge on any atom is 0.338 e. The third-order valence-electron chi connectivity index (χ3n) is 5.26. The van der Waals surface area contributed by atoms with Gasteiger partial charge in [-0.2, -0.15) is 0 Å². The zero-order valence-corrected chi connectivity index (χ0v) is 19.8. The monoisotopic (exact) mass is 503 g/mol. The highest BCUT2D eigenvalue weighted by atomic mass is 32.2. The van der Waals surface area contributed by atoms with Crippen molar-refractivity contribution in [1.82, 2.24) is 10.2 Å². The number of methoxy groups -OCH3 is 1. The second kappa shape index (κ2) is 11.2. The Kier molecular flexibility index (Phi) is 8.33. The second-order valence-electron chi connectivity index (χ2n) is 7.73. The van der Waals surface area contributed by atoms with Crippen LogP contribution < -0.4 is 10.5 Å². The molecule has 0 spiro atoms. The number of benzene rings is 2. The molecule has 0 saturated heterocycles. The van der Waals surface area contributed by atoms with Gasteiger partial charge in [0.15, 0.2) is 6.61 Å². The minimum atomic E-state index is -3.77. The van der Waals surface area contributed by atoms with Crippen LogP contribution in [0.25, 0.3) is 0 Å². The van der Waals surface area contributed by atoms with Crippen molar-refractivity contribution in [2.45, 2.75) is 17.7 Å². The van der Waals surface area contributed by atoms with Crippen LogP contribution in [0, 0.1) is 0 Å². The van der Waals surface area contributed by atoms with Gasteiger partial charge in [-0.1, -0.05) is 12.1 Å². The highest BCUT2D eigenvalue weighted by Gasteiger charge is 2.35. The molecule has 0 radical (unpaired) electrons. The molecule has 0 bridgehead atoms. The normalized spacial score (nSPS) is 13.0. The van der Waals surface area contributed by atoms with Gasteiger partial charge in [-0.3, -0.25) is 19.3 Å². The summed E-state index contributed by atoms with van der Waals surface area (Å²) in [5.74, 6) is -2.26. The number of esters is 1. The van der Waals surface area contributed by atoms with E-state index in [1.54, 1.807) is 12.1 Å². The van der Waals surface area contributed by atoms with Gasteiger partial charge in [0.1, 0.15) is 0 Å². The van der Waals surface area contributed by atoms with Crippen molar-refractivity contribution < 1.29 is 37.1 Å². The van der Waals surface area contributed by atoms with E-state index in [0.717, 1.165) is 10.5 Å². The first-order chi connectivity index (χ1) is 16.6. The number of fused-ring (bicyclic) bond motifs is 1. The van der Waals surface area contributed by atoms with Gasteiger partial charge in [-0.15, -0.1) is 0 Å². The van der Waals surface area contributed by atoms with E-state index < -0.39 is 40.3 Å². The Morgan fingerprint density at radius 2 is 1.71 bits per heavy atom. The van der Waals surface area contributed by atoms with Crippen molar-refractivity contribution in [2.24, 2.45) is 5.14 Å². The average molecular weight is 504 g/mol. The molecular weight excluding hydrogens is 478 g/mol. The number of carbonyl (C=O) groups is 4. The average Bonchev–Trinajstić information content (AvgIpc) is 3.06. The van der Waals surface area contributed by atoms with Crippen LogP contribution >= 0.6 is 0 Å². The smallest absolute Gasteiger partial charge is 0.338 e. The lowest BCUT2D eigenvalue weighted by Gasteiger charge is -2.12. The molecule has 1 aliphatic rings. The number of sulfonamides is 1. The summed E-state index contributed by atoms with van der Waals surface area (Å²) in [6.45, 7) is 0.310. The van der Waals surface area contributed by atoms with Crippen molar-refractivity contribution in [1.29, 1.82) is 0 Å². The predicted molar refractivity (Wildman–Crippen MR) is 123 cm³/mol. The van der Waals surface area contributed by atoms with Crippen LogP contribution in [-0.4, -0.2) is 70.4 Å². The SMILES string of the molecule is COCCCN1C(=O)c2ccc(C(=O)OCC(=O)NCCc3ccc(S(N)(=O)=O)cc3)cc2C1=O. The van der Waals surface area contributed by atoms with Gasteiger partial charge in [0.2, 0.25) is 10.0 Å². The third kappa shape index (κ3) is 6.50. The maximum absolute atomic E-state index is 12.6. The fourth-order valence-corrected chi connectivity index (χ4v) is 3.96. The second-order valence-corrected chi connectivity index (χ2v) is 9.30. The van der Waals surface area contributed by atoms with Gasteiger partial charge in [0, 0.05) is 26.8 Å². The van der Waals surface area contributed by atoms with E-state index in [9.17, 15) is 27.6 Å². The van der Waals surface area contributed by atoms with Crippen molar-refractivity contribution >= 4 is 33.7 Å². The van der Waals surface area contributed by atoms with Crippen molar-refractivity contribution in [3.05, 3.63) is 64.7 Å². The molecule has 186 valence electrons. The quantitative estimate of drug-likeness (QED) is 0.254. The molecule has 0 atom stereocenters. The van der Waals surface area contributed by atoms with Gasteiger partial charge in [-0.25, -0.2) is 18.4 Å². The number of carbonyl (C=O) groups excluding carboxylic acids is 4.